The largest absolute Gasteiger partial charge is 0.459 e. The number of benzene rings is 1. The number of furan rings is 1. The number of aliphatic hydroxyl groups is 1. The number of piperazine rings is 1. The van der Waals surface area contributed by atoms with E-state index in [9.17, 15) is 9.90 Å². The van der Waals surface area contributed by atoms with Crippen LogP contribution in [0, 0.1) is 0 Å². The van der Waals surface area contributed by atoms with E-state index < -0.39 is 0 Å². The van der Waals surface area contributed by atoms with Crippen LogP contribution in [0.1, 0.15) is 16.1 Å². The number of nitrogens with zero attached hydrogens (tertiary/aromatic N) is 4. The lowest BCUT2D eigenvalue weighted by molar-refractivity contribution is 0.0714. The van der Waals surface area contributed by atoms with Gasteiger partial charge in [0.15, 0.2) is 11.6 Å². The van der Waals surface area contributed by atoms with Crippen molar-refractivity contribution in [2.75, 3.05) is 31.1 Å². The summed E-state index contributed by atoms with van der Waals surface area (Å²) in [4.78, 5) is 21.2. The summed E-state index contributed by atoms with van der Waals surface area (Å²) in [5.41, 5.74) is 4.08. The number of amides is 1. The smallest absolute Gasteiger partial charge is 0.289 e. The third-order valence-electron chi connectivity index (χ3n) is 5.59. The fourth-order valence-corrected chi connectivity index (χ4v) is 3.97. The number of aromatic nitrogens is 2. The Morgan fingerprint density at radius 3 is 2.53 bits per heavy atom. The maximum atomic E-state index is 12.5. The van der Waals surface area contributed by atoms with Crippen molar-refractivity contribution in [1.29, 1.82) is 0 Å². The molecule has 1 N–H and O–H groups in total. The highest BCUT2D eigenvalue weighted by Crippen LogP contribution is 2.28. The van der Waals surface area contributed by atoms with Crippen LogP contribution in [0.3, 0.4) is 0 Å². The summed E-state index contributed by atoms with van der Waals surface area (Å²) in [7, 11) is 0. The van der Waals surface area contributed by atoms with E-state index in [1.54, 1.807) is 12.1 Å². The van der Waals surface area contributed by atoms with Crippen LogP contribution in [-0.4, -0.2) is 51.5 Å². The molecule has 3 aromatic heterocycles. The Labute approximate surface area is 173 Å². The molecule has 1 aliphatic heterocycles. The van der Waals surface area contributed by atoms with Gasteiger partial charge in [-0.05, 0) is 35.4 Å². The SMILES string of the molecule is O=C(c1ccco1)N1CCN(c2nccn3c(-c4ccc(CO)cc4)ccc23)CC1. The fourth-order valence-electron chi connectivity index (χ4n) is 3.97. The van der Waals surface area contributed by atoms with Gasteiger partial charge in [-0.1, -0.05) is 24.3 Å². The molecule has 152 valence electrons. The maximum absolute atomic E-state index is 12.5. The number of rotatable bonds is 4. The molecule has 7 nitrogen and oxygen atoms in total. The van der Waals surface area contributed by atoms with Gasteiger partial charge in [0, 0.05) is 38.6 Å². The van der Waals surface area contributed by atoms with Crippen LogP contribution in [0.25, 0.3) is 16.8 Å². The van der Waals surface area contributed by atoms with E-state index in [0.717, 1.165) is 28.2 Å². The first-order valence-electron chi connectivity index (χ1n) is 9.98. The van der Waals surface area contributed by atoms with Gasteiger partial charge in [-0.2, -0.15) is 0 Å². The van der Waals surface area contributed by atoms with Gasteiger partial charge in [0.05, 0.1) is 24.1 Å². The molecule has 30 heavy (non-hydrogen) atoms. The number of aliphatic hydroxyl groups excluding tert-OH is 1. The maximum Gasteiger partial charge on any atom is 0.289 e. The van der Waals surface area contributed by atoms with Crippen LogP contribution in [0.15, 0.2) is 71.6 Å². The minimum Gasteiger partial charge on any atom is -0.459 e. The molecule has 0 spiro atoms. The van der Waals surface area contributed by atoms with Crippen molar-refractivity contribution < 1.29 is 14.3 Å². The Hall–Kier alpha value is -3.58. The van der Waals surface area contributed by atoms with Gasteiger partial charge in [-0.25, -0.2) is 4.98 Å². The molecule has 1 amide bonds. The quantitative estimate of drug-likeness (QED) is 0.568. The van der Waals surface area contributed by atoms with Gasteiger partial charge in [0.1, 0.15) is 0 Å². The van der Waals surface area contributed by atoms with Crippen LogP contribution in [-0.2, 0) is 6.61 Å². The van der Waals surface area contributed by atoms with Gasteiger partial charge in [0.2, 0.25) is 0 Å². The van der Waals surface area contributed by atoms with Crippen molar-refractivity contribution >= 4 is 17.2 Å². The lowest BCUT2D eigenvalue weighted by atomic mass is 10.1. The van der Waals surface area contributed by atoms with Crippen molar-refractivity contribution in [3.63, 3.8) is 0 Å². The Morgan fingerprint density at radius 2 is 1.83 bits per heavy atom. The summed E-state index contributed by atoms with van der Waals surface area (Å²) in [5, 5.41) is 9.27. The monoisotopic (exact) mass is 402 g/mol. The van der Waals surface area contributed by atoms with E-state index in [1.807, 2.05) is 41.6 Å². The number of hydrogen-bond acceptors (Lipinski definition) is 5. The zero-order valence-electron chi connectivity index (χ0n) is 16.4. The van der Waals surface area contributed by atoms with Gasteiger partial charge in [-0.15, -0.1) is 0 Å². The minimum absolute atomic E-state index is 0.0393. The number of carbonyl (C=O) groups excluding carboxylic acids is 1. The molecule has 0 radical (unpaired) electrons. The van der Waals surface area contributed by atoms with Gasteiger partial charge in [-0.3, -0.25) is 4.79 Å². The third-order valence-corrected chi connectivity index (χ3v) is 5.59. The van der Waals surface area contributed by atoms with E-state index >= 15 is 0 Å². The predicted octanol–water partition coefficient (Wildman–Crippen LogP) is 3.05. The van der Waals surface area contributed by atoms with Crippen LogP contribution in [0.4, 0.5) is 5.82 Å². The topological polar surface area (TPSA) is 74.2 Å². The van der Waals surface area contributed by atoms with Crippen molar-refractivity contribution in [3.8, 4) is 11.3 Å². The fraction of sp³-hybridized carbons (Fsp3) is 0.217. The molecule has 1 aromatic carbocycles. The zero-order chi connectivity index (χ0) is 20.5. The molecule has 4 aromatic rings. The Bertz CT molecular complexity index is 1160. The van der Waals surface area contributed by atoms with Gasteiger partial charge in [0.25, 0.3) is 5.91 Å². The highest BCUT2D eigenvalue weighted by atomic mass is 16.3. The Morgan fingerprint density at radius 1 is 1.03 bits per heavy atom. The van der Waals surface area contributed by atoms with E-state index in [1.165, 1.54) is 6.26 Å². The lowest BCUT2D eigenvalue weighted by Gasteiger charge is -2.35. The molecular weight excluding hydrogens is 380 g/mol. The molecule has 1 aliphatic rings. The van der Waals surface area contributed by atoms with Crippen molar-refractivity contribution in [1.82, 2.24) is 14.3 Å². The number of hydrogen-bond donors (Lipinski definition) is 1. The summed E-state index contributed by atoms with van der Waals surface area (Å²) in [6.07, 6.45) is 5.30. The molecule has 0 atom stereocenters. The molecule has 0 saturated carbocycles. The molecule has 7 heteroatoms. The van der Waals surface area contributed by atoms with Gasteiger partial charge < -0.3 is 23.7 Å². The molecule has 0 unspecified atom stereocenters. The average Bonchev–Trinajstić information content (AvgIpc) is 3.49. The molecule has 1 saturated heterocycles. The average molecular weight is 402 g/mol. The molecular formula is C23H22N4O3. The summed E-state index contributed by atoms with van der Waals surface area (Å²) in [5.74, 6) is 1.23. The first-order chi connectivity index (χ1) is 14.7. The molecule has 5 rings (SSSR count). The summed E-state index contributed by atoms with van der Waals surface area (Å²) in [6.45, 7) is 2.71. The first kappa shape index (κ1) is 18.4. The van der Waals surface area contributed by atoms with Crippen molar-refractivity contribution in [3.05, 3.63) is 78.5 Å². The Kier molecular flexibility index (Phi) is 4.72. The van der Waals surface area contributed by atoms with Crippen LogP contribution in [0.5, 0.6) is 0 Å². The second-order valence-electron chi connectivity index (χ2n) is 7.34. The Balaban J connectivity index is 1.38. The highest BCUT2D eigenvalue weighted by molar-refractivity contribution is 5.91. The zero-order valence-corrected chi connectivity index (χ0v) is 16.4. The molecule has 0 bridgehead atoms. The summed E-state index contributed by atoms with van der Waals surface area (Å²) < 4.78 is 7.38. The second kappa shape index (κ2) is 7.68. The molecule has 4 heterocycles. The minimum atomic E-state index is -0.0675. The van der Waals surface area contributed by atoms with Crippen molar-refractivity contribution in [2.24, 2.45) is 0 Å². The number of fused-ring (bicyclic) bond motifs is 1. The van der Waals surface area contributed by atoms with Crippen molar-refractivity contribution in [2.45, 2.75) is 6.61 Å². The van der Waals surface area contributed by atoms with Gasteiger partial charge >= 0.3 is 0 Å². The lowest BCUT2D eigenvalue weighted by Crippen LogP contribution is -2.49. The third kappa shape index (κ3) is 3.23. The van der Waals surface area contributed by atoms with E-state index in [4.69, 9.17) is 4.42 Å². The molecule has 0 aliphatic carbocycles. The first-order valence-corrected chi connectivity index (χ1v) is 9.98. The van der Waals surface area contributed by atoms with Crippen LogP contribution in [0.2, 0.25) is 0 Å². The van der Waals surface area contributed by atoms with Crippen LogP contribution < -0.4 is 4.90 Å². The van der Waals surface area contributed by atoms with E-state index in [-0.39, 0.29) is 12.5 Å². The molecule has 1 fully saturated rings. The standard InChI is InChI=1S/C23H22N4O3/c28-16-17-3-5-18(6-4-17)19-7-8-20-22(24-9-10-27(19)20)25-11-13-26(14-12-25)23(29)21-2-1-15-30-21/h1-10,15,28H,11-14,16H2. The predicted molar refractivity (Wildman–Crippen MR) is 113 cm³/mol. The number of anilines is 1. The summed E-state index contributed by atoms with van der Waals surface area (Å²) in [6, 6.07) is 15.5. The summed E-state index contributed by atoms with van der Waals surface area (Å²) >= 11 is 0. The van der Waals surface area contributed by atoms with E-state index in [2.05, 4.69) is 26.4 Å². The number of carbonyl (C=O) groups is 1. The van der Waals surface area contributed by atoms with Crippen LogP contribution >= 0.6 is 0 Å². The highest BCUT2D eigenvalue weighted by Gasteiger charge is 2.25. The van der Waals surface area contributed by atoms with E-state index in [0.29, 0.717) is 31.9 Å². The second-order valence-corrected chi connectivity index (χ2v) is 7.34. The normalized spacial score (nSPS) is 14.4.